The van der Waals surface area contributed by atoms with Gasteiger partial charge in [-0.3, -0.25) is 14.5 Å². The van der Waals surface area contributed by atoms with Gasteiger partial charge in [0.05, 0.1) is 25.2 Å². The van der Waals surface area contributed by atoms with Crippen LogP contribution in [0.25, 0.3) is 0 Å². The molecule has 2 aromatic rings. The van der Waals surface area contributed by atoms with E-state index in [2.05, 4.69) is 16.0 Å². The van der Waals surface area contributed by atoms with E-state index >= 15 is 0 Å². The van der Waals surface area contributed by atoms with Gasteiger partial charge in [-0.25, -0.2) is 4.79 Å². The molecule has 42 heavy (non-hydrogen) atoms. The first-order chi connectivity index (χ1) is 20.3. The number of aliphatic hydroxyl groups is 1. The fourth-order valence-electron chi connectivity index (χ4n) is 6.50. The summed E-state index contributed by atoms with van der Waals surface area (Å²) in [6.07, 6.45) is 5.31. The Kier molecular flexibility index (Phi) is 11.5. The first-order valence-corrected chi connectivity index (χ1v) is 15.2. The Morgan fingerprint density at radius 2 is 1.48 bits per heavy atom. The van der Waals surface area contributed by atoms with Gasteiger partial charge >= 0.3 is 5.97 Å². The lowest BCUT2D eigenvalue weighted by molar-refractivity contribution is -0.147. The molecule has 1 aliphatic carbocycles. The Bertz CT molecular complexity index is 1120. The summed E-state index contributed by atoms with van der Waals surface area (Å²) in [6.45, 7) is 2.30. The van der Waals surface area contributed by atoms with Crippen molar-refractivity contribution in [2.24, 2.45) is 5.92 Å². The van der Waals surface area contributed by atoms with Gasteiger partial charge in [0.2, 0.25) is 11.8 Å². The molecule has 2 fully saturated rings. The van der Waals surface area contributed by atoms with Crippen LogP contribution in [0.5, 0.6) is 0 Å². The number of hydrogen-bond donors (Lipinski definition) is 4. The summed E-state index contributed by atoms with van der Waals surface area (Å²) < 4.78 is 5.20. The maximum absolute atomic E-state index is 14.0. The predicted molar refractivity (Wildman–Crippen MR) is 161 cm³/mol. The molecule has 1 aliphatic heterocycles. The molecule has 0 bridgehead atoms. The van der Waals surface area contributed by atoms with Gasteiger partial charge in [0.15, 0.2) is 0 Å². The van der Waals surface area contributed by atoms with Gasteiger partial charge in [-0.15, -0.1) is 0 Å². The Morgan fingerprint density at radius 3 is 2.02 bits per heavy atom. The monoisotopic (exact) mass is 578 g/mol. The highest BCUT2D eigenvalue weighted by Crippen LogP contribution is 2.32. The van der Waals surface area contributed by atoms with Crippen molar-refractivity contribution in [2.75, 3.05) is 20.7 Å². The third-order valence-corrected chi connectivity index (χ3v) is 8.95. The molecule has 9 heteroatoms. The number of aliphatic hydroxyl groups excluding tert-OH is 1. The lowest BCUT2D eigenvalue weighted by Crippen LogP contribution is -2.61. The molecule has 1 saturated carbocycles. The second kappa shape index (κ2) is 15.3. The molecule has 2 aliphatic rings. The van der Waals surface area contributed by atoms with Gasteiger partial charge in [-0.2, -0.15) is 0 Å². The number of methoxy groups -OCH3 is 1. The Hall–Kier alpha value is -3.27. The molecule has 1 unspecified atom stereocenters. The summed E-state index contributed by atoms with van der Waals surface area (Å²) in [7, 11) is 3.05. The third-order valence-electron chi connectivity index (χ3n) is 8.95. The SMILES string of the molecule is CN[C@@H](C)C(=O)N[C@@H](C1CCCCC1)C(O)N1CCC[C@H]1C(=O)N[C@H](C(=O)OC)C(c1ccccc1)c1ccccc1. The third kappa shape index (κ3) is 7.56. The smallest absolute Gasteiger partial charge is 0.329 e. The minimum Gasteiger partial charge on any atom is -0.467 e. The number of benzene rings is 2. The summed E-state index contributed by atoms with van der Waals surface area (Å²) in [5, 5.41) is 20.8. The number of ether oxygens (including phenoxy) is 1. The van der Waals surface area contributed by atoms with E-state index in [9.17, 15) is 19.5 Å². The molecule has 4 rings (SSSR count). The molecule has 2 aromatic carbocycles. The minimum atomic E-state index is -1.03. The molecule has 5 atom stereocenters. The lowest BCUT2D eigenvalue weighted by atomic mass is 9.82. The van der Waals surface area contributed by atoms with E-state index < -0.39 is 42.3 Å². The van der Waals surface area contributed by atoms with Crippen LogP contribution in [0.4, 0.5) is 0 Å². The van der Waals surface area contributed by atoms with Gasteiger partial charge in [0.1, 0.15) is 12.3 Å². The molecular formula is C33H46N4O5. The lowest BCUT2D eigenvalue weighted by Gasteiger charge is -2.40. The van der Waals surface area contributed by atoms with E-state index in [1.54, 1.807) is 18.9 Å². The molecule has 9 nitrogen and oxygen atoms in total. The second-order valence-electron chi connectivity index (χ2n) is 11.6. The van der Waals surface area contributed by atoms with Crippen LogP contribution in [-0.2, 0) is 19.1 Å². The number of carbonyl (C=O) groups is 3. The zero-order valence-electron chi connectivity index (χ0n) is 25.0. The first-order valence-electron chi connectivity index (χ1n) is 15.2. The van der Waals surface area contributed by atoms with Gasteiger partial charge in [-0.1, -0.05) is 79.9 Å². The molecular weight excluding hydrogens is 532 g/mol. The highest BCUT2D eigenvalue weighted by molar-refractivity contribution is 5.89. The van der Waals surface area contributed by atoms with Crippen molar-refractivity contribution in [1.82, 2.24) is 20.9 Å². The van der Waals surface area contributed by atoms with Crippen LogP contribution in [0.2, 0.25) is 0 Å². The van der Waals surface area contributed by atoms with Crippen molar-refractivity contribution in [2.45, 2.75) is 88.2 Å². The van der Waals surface area contributed by atoms with Crippen LogP contribution in [0.15, 0.2) is 60.7 Å². The number of esters is 1. The van der Waals surface area contributed by atoms with Crippen LogP contribution in [0.1, 0.15) is 68.9 Å². The summed E-state index contributed by atoms with van der Waals surface area (Å²) in [4.78, 5) is 41.9. The average Bonchev–Trinajstić information content (AvgIpc) is 3.54. The van der Waals surface area contributed by atoms with Crippen LogP contribution in [-0.4, -0.2) is 78.9 Å². The molecule has 2 amide bonds. The first kappa shape index (κ1) is 31.7. The van der Waals surface area contributed by atoms with E-state index in [1.165, 1.54) is 7.11 Å². The molecule has 1 heterocycles. The number of carbonyl (C=O) groups excluding carboxylic acids is 3. The number of nitrogens with zero attached hydrogens (tertiary/aromatic N) is 1. The van der Waals surface area contributed by atoms with Crippen molar-refractivity contribution in [3.8, 4) is 0 Å². The maximum atomic E-state index is 14.0. The number of hydrogen-bond acceptors (Lipinski definition) is 7. The van der Waals surface area contributed by atoms with E-state index in [0.29, 0.717) is 13.0 Å². The Balaban J connectivity index is 1.59. The van der Waals surface area contributed by atoms with E-state index in [-0.39, 0.29) is 17.7 Å². The molecule has 0 aromatic heterocycles. The van der Waals surface area contributed by atoms with Crippen LogP contribution in [0.3, 0.4) is 0 Å². The minimum absolute atomic E-state index is 0.120. The number of amides is 2. The number of nitrogens with one attached hydrogen (secondary N) is 3. The van der Waals surface area contributed by atoms with Gasteiger partial charge in [-0.05, 0) is 56.7 Å². The highest BCUT2D eigenvalue weighted by atomic mass is 16.5. The zero-order valence-corrected chi connectivity index (χ0v) is 25.0. The largest absolute Gasteiger partial charge is 0.467 e. The molecule has 4 N–H and O–H groups in total. The maximum Gasteiger partial charge on any atom is 0.329 e. The number of rotatable bonds is 12. The fraction of sp³-hybridized carbons (Fsp3) is 0.545. The molecule has 1 saturated heterocycles. The van der Waals surface area contributed by atoms with Crippen molar-refractivity contribution in [3.05, 3.63) is 71.8 Å². The number of likely N-dealkylation sites (N-methyl/N-ethyl adjacent to an activating group) is 1. The van der Waals surface area contributed by atoms with Crippen molar-refractivity contribution < 1.29 is 24.2 Å². The van der Waals surface area contributed by atoms with Crippen molar-refractivity contribution in [1.29, 1.82) is 0 Å². The normalized spacial score (nSPS) is 20.8. The number of likely N-dealkylation sites (tertiary alicyclic amines) is 1. The van der Waals surface area contributed by atoms with Gasteiger partial charge in [0.25, 0.3) is 0 Å². The molecule has 0 radical (unpaired) electrons. The average molecular weight is 579 g/mol. The predicted octanol–water partition coefficient (Wildman–Crippen LogP) is 2.93. The zero-order chi connectivity index (χ0) is 30.1. The van der Waals surface area contributed by atoms with Crippen LogP contribution >= 0.6 is 0 Å². The van der Waals surface area contributed by atoms with Crippen LogP contribution < -0.4 is 16.0 Å². The summed E-state index contributed by atoms with van der Waals surface area (Å²) in [5.74, 6) is -1.40. The standard InChI is InChI=1S/C33H46N4O5/c1-22(34-2)30(38)35-28(25-18-11-6-12-19-25)32(40)37-21-13-20-26(37)31(39)36-29(33(41)42-3)27(23-14-7-4-8-15-23)24-16-9-5-10-17-24/h4-5,7-10,14-17,22,25-29,32,34,40H,6,11-13,18-21H2,1-3H3,(H,35,38)(H,36,39)/t22-,26-,28-,29-,32?/m0/s1. The summed E-state index contributed by atoms with van der Waals surface area (Å²) in [5.41, 5.74) is 1.75. The molecule has 0 spiro atoms. The quantitative estimate of drug-likeness (QED) is 0.286. The summed E-state index contributed by atoms with van der Waals surface area (Å²) >= 11 is 0. The van der Waals surface area contributed by atoms with Crippen molar-refractivity contribution >= 4 is 17.8 Å². The van der Waals surface area contributed by atoms with E-state index in [1.807, 2.05) is 60.7 Å². The highest BCUT2D eigenvalue weighted by Gasteiger charge is 2.43. The van der Waals surface area contributed by atoms with Crippen molar-refractivity contribution in [3.63, 3.8) is 0 Å². The van der Waals surface area contributed by atoms with Crippen LogP contribution in [0, 0.1) is 5.92 Å². The van der Waals surface area contributed by atoms with Gasteiger partial charge in [0, 0.05) is 12.5 Å². The fourth-order valence-corrected chi connectivity index (χ4v) is 6.50. The van der Waals surface area contributed by atoms with Gasteiger partial charge < -0.3 is 25.8 Å². The topological polar surface area (TPSA) is 120 Å². The Labute approximate surface area is 249 Å². The second-order valence-corrected chi connectivity index (χ2v) is 11.6. The van der Waals surface area contributed by atoms with E-state index in [4.69, 9.17) is 4.74 Å². The summed E-state index contributed by atoms with van der Waals surface area (Å²) in [6, 6.07) is 16.7. The van der Waals surface area contributed by atoms with E-state index in [0.717, 1.165) is 49.7 Å². The molecule has 228 valence electrons. The Morgan fingerprint density at radius 1 is 0.881 bits per heavy atom.